The molecule has 0 amide bonds. The van der Waals surface area contributed by atoms with Crippen molar-refractivity contribution in [3.8, 4) is 0 Å². The van der Waals surface area contributed by atoms with Gasteiger partial charge in [-0.2, -0.15) is 13.2 Å². The lowest BCUT2D eigenvalue weighted by molar-refractivity contribution is -0.207. The summed E-state index contributed by atoms with van der Waals surface area (Å²) in [5.41, 5.74) is 0.406. The van der Waals surface area contributed by atoms with Crippen LogP contribution in [0.15, 0.2) is 0 Å². The van der Waals surface area contributed by atoms with E-state index in [-0.39, 0.29) is 6.54 Å². The fraction of sp³-hybridized carbons (Fsp3) is 0.714. The molecule has 0 aliphatic carbocycles. The van der Waals surface area contributed by atoms with Gasteiger partial charge in [0, 0.05) is 24.6 Å². The van der Waals surface area contributed by atoms with E-state index in [0.29, 0.717) is 10.0 Å². The van der Waals surface area contributed by atoms with E-state index in [1.807, 2.05) is 0 Å². The van der Waals surface area contributed by atoms with Gasteiger partial charge in [0.15, 0.2) is 6.10 Å². The first-order valence-corrected chi connectivity index (χ1v) is 5.36. The molecule has 4 nitrogen and oxygen atoms in total. The molecule has 1 atom stereocenters. The highest BCUT2D eigenvalue weighted by atomic mass is 35.5. The Kier molecular flexibility index (Phi) is 4.48. The third-order valence-electron chi connectivity index (χ3n) is 1.79. The first kappa shape index (κ1) is 13.6. The lowest BCUT2D eigenvalue weighted by atomic mass is 10.3. The number of nitrogens with zero attached hydrogens (tertiary/aromatic N) is 3. The zero-order chi connectivity index (χ0) is 12.3. The molecule has 0 aromatic carbocycles. The highest BCUT2D eigenvalue weighted by Gasteiger charge is 2.38. The molecule has 0 fully saturated rings. The fourth-order valence-corrected chi connectivity index (χ4v) is 1.62. The third-order valence-corrected chi connectivity index (χ3v) is 2.78. The molecule has 16 heavy (non-hydrogen) atoms. The van der Waals surface area contributed by atoms with E-state index in [9.17, 15) is 13.2 Å². The Morgan fingerprint density at radius 3 is 2.62 bits per heavy atom. The largest absolute Gasteiger partial charge is 0.415 e. The molecule has 1 aromatic rings. The maximum atomic E-state index is 12.0. The highest BCUT2D eigenvalue weighted by molar-refractivity contribution is 7.10. The Labute approximate surface area is 98.8 Å². The van der Waals surface area contributed by atoms with Crippen LogP contribution in [0.5, 0.6) is 0 Å². The van der Waals surface area contributed by atoms with Gasteiger partial charge in [0.1, 0.15) is 10.0 Å². The average Bonchev–Trinajstić information content (AvgIpc) is 2.50. The van der Waals surface area contributed by atoms with E-state index >= 15 is 0 Å². The van der Waals surface area contributed by atoms with Gasteiger partial charge in [0.25, 0.3) is 0 Å². The standard InChI is InChI=1S/C7H9ClF3N3OS/c1-14(3-5(15)7(9,10)11)2-4-6(8)16-13-12-4/h5,15H,2-3H2,1H3. The van der Waals surface area contributed by atoms with Crippen LogP contribution in [0, 0.1) is 0 Å². The number of halogens is 4. The summed E-state index contributed by atoms with van der Waals surface area (Å²) in [6, 6.07) is 0. The zero-order valence-corrected chi connectivity index (χ0v) is 9.77. The predicted molar refractivity (Wildman–Crippen MR) is 53.3 cm³/mol. The number of aliphatic hydroxyl groups is 1. The average molecular weight is 276 g/mol. The van der Waals surface area contributed by atoms with Gasteiger partial charge >= 0.3 is 6.18 Å². The Bertz CT molecular complexity index is 346. The number of alkyl halides is 3. The van der Waals surface area contributed by atoms with Gasteiger partial charge in [-0.3, -0.25) is 4.90 Å². The van der Waals surface area contributed by atoms with Crippen LogP contribution in [0.1, 0.15) is 5.69 Å². The number of hydrogen-bond donors (Lipinski definition) is 1. The summed E-state index contributed by atoms with van der Waals surface area (Å²) in [4.78, 5) is 1.28. The SMILES string of the molecule is CN(Cc1nnsc1Cl)CC(O)C(F)(F)F. The van der Waals surface area contributed by atoms with Crippen LogP contribution in [0.3, 0.4) is 0 Å². The Balaban J connectivity index is 2.48. The van der Waals surface area contributed by atoms with Crippen molar-refractivity contribution >= 4 is 23.1 Å². The fourth-order valence-electron chi connectivity index (χ4n) is 1.01. The molecule has 0 aliphatic rings. The molecule has 1 heterocycles. The lowest BCUT2D eigenvalue weighted by Gasteiger charge is -2.21. The summed E-state index contributed by atoms with van der Waals surface area (Å²) >= 11 is 6.66. The topological polar surface area (TPSA) is 49.2 Å². The summed E-state index contributed by atoms with van der Waals surface area (Å²) in [5.74, 6) is 0. The lowest BCUT2D eigenvalue weighted by Crippen LogP contribution is -2.39. The number of aromatic nitrogens is 2. The second kappa shape index (κ2) is 5.26. The van der Waals surface area contributed by atoms with Crippen LogP contribution in [0.25, 0.3) is 0 Å². The number of rotatable bonds is 4. The maximum Gasteiger partial charge on any atom is 0.415 e. The molecule has 1 N–H and O–H groups in total. The van der Waals surface area contributed by atoms with Crippen LogP contribution < -0.4 is 0 Å². The molecule has 0 saturated heterocycles. The van der Waals surface area contributed by atoms with Crippen molar-refractivity contribution in [3.63, 3.8) is 0 Å². The first-order valence-electron chi connectivity index (χ1n) is 4.20. The molecule has 1 aromatic heterocycles. The zero-order valence-electron chi connectivity index (χ0n) is 8.20. The van der Waals surface area contributed by atoms with Crippen molar-refractivity contribution in [2.45, 2.75) is 18.8 Å². The number of likely N-dealkylation sites (N-methyl/N-ethyl adjacent to an activating group) is 1. The van der Waals surface area contributed by atoms with Gasteiger partial charge in [0.2, 0.25) is 0 Å². The summed E-state index contributed by atoms with van der Waals surface area (Å²) in [6.45, 7) is -0.417. The monoisotopic (exact) mass is 275 g/mol. The number of hydrogen-bond acceptors (Lipinski definition) is 5. The quantitative estimate of drug-likeness (QED) is 0.906. The molecule has 0 bridgehead atoms. The smallest absolute Gasteiger partial charge is 0.382 e. The molecule has 0 saturated carbocycles. The van der Waals surface area contributed by atoms with Gasteiger partial charge in [-0.05, 0) is 7.05 Å². The summed E-state index contributed by atoms with van der Waals surface area (Å²) in [6.07, 6.45) is -6.99. The van der Waals surface area contributed by atoms with E-state index in [2.05, 4.69) is 9.59 Å². The van der Waals surface area contributed by atoms with Crippen molar-refractivity contribution in [1.29, 1.82) is 0 Å². The molecule has 0 aliphatic heterocycles. The molecule has 1 unspecified atom stereocenters. The maximum absolute atomic E-state index is 12.0. The van der Waals surface area contributed by atoms with Gasteiger partial charge in [-0.25, -0.2) is 0 Å². The molecule has 0 radical (unpaired) electrons. The molecule has 1 rings (SSSR count). The Hall–Kier alpha value is -0.440. The third kappa shape index (κ3) is 3.85. The summed E-state index contributed by atoms with van der Waals surface area (Å²) < 4.78 is 40.0. The van der Waals surface area contributed by atoms with Crippen LogP contribution >= 0.6 is 23.1 Å². The second-order valence-electron chi connectivity index (χ2n) is 3.25. The summed E-state index contributed by atoms with van der Waals surface area (Å²) in [5, 5.41) is 12.5. The van der Waals surface area contributed by atoms with E-state index in [1.165, 1.54) is 11.9 Å². The van der Waals surface area contributed by atoms with Crippen LogP contribution in [0.4, 0.5) is 13.2 Å². The first-order chi connectivity index (χ1) is 7.30. The molecular weight excluding hydrogens is 267 g/mol. The van der Waals surface area contributed by atoms with Crippen molar-refractivity contribution in [3.05, 3.63) is 10.0 Å². The highest BCUT2D eigenvalue weighted by Crippen LogP contribution is 2.22. The minimum Gasteiger partial charge on any atom is -0.382 e. The van der Waals surface area contributed by atoms with E-state index < -0.39 is 18.8 Å². The van der Waals surface area contributed by atoms with Crippen molar-refractivity contribution < 1.29 is 18.3 Å². The van der Waals surface area contributed by atoms with Gasteiger partial charge in [0.05, 0.1) is 0 Å². The van der Waals surface area contributed by atoms with Crippen molar-refractivity contribution in [2.75, 3.05) is 13.6 Å². The van der Waals surface area contributed by atoms with Gasteiger partial charge in [-0.15, -0.1) is 5.10 Å². The molecule has 9 heteroatoms. The van der Waals surface area contributed by atoms with Crippen LogP contribution in [0.2, 0.25) is 4.34 Å². The van der Waals surface area contributed by atoms with Crippen molar-refractivity contribution in [2.24, 2.45) is 0 Å². The number of aliphatic hydroxyl groups excluding tert-OH is 1. The minimum atomic E-state index is -4.61. The van der Waals surface area contributed by atoms with Crippen LogP contribution in [-0.2, 0) is 6.54 Å². The Morgan fingerprint density at radius 1 is 1.56 bits per heavy atom. The normalized spacial score (nSPS) is 14.4. The van der Waals surface area contributed by atoms with E-state index in [1.54, 1.807) is 0 Å². The Morgan fingerprint density at radius 2 is 2.19 bits per heavy atom. The molecule has 92 valence electrons. The molecule has 0 spiro atoms. The van der Waals surface area contributed by atoms with Crippen LogP contribution in [-0.4, -0.2) is 45.5 Å². The second-order valence-corrected chi connectivity index (χ2v) is 4.60. The van der Waals surface area contributed by atoms with E-state index in [0.717, 1.165) is 11.5 Å². The van der Waals surface area contributed by atoms with E-state index in [4.69, 9.17) is 16.7 Å². The molecular formula is C7H9ClF3N3OS. The predicted octanol–water partition coefficient (Wildman–Crippen LogP) is 1.55. The minimum absolute atomic E-state index is 0.114. The van der Waals surface area contributed by atoms with Gasteiger partial charge in [-0.1, -0.05) is 16.1 Å². The summed E-state index contributed by atoms with van der Waals surface area (Å²) in [7, 11) is 1.44. The van der Waals surface area contributed by atoms with Crippen molar-refractivity contribution in [1.82, 2.24) is 14.5 Å². The van der Waals surface area contributed by atoms with Gasteiger partial charge < -0.3 is 5.11 Å².